The van der Waals surface area contributed by atoms with Gasteiger partial charge in [-0.1, -0.05) is 24.3 Å². The molecule has 0 unspecified atom stereocenters. The highest BCUT2D eigenvalue weighted by atomic mass is 16.5. The van der Waals surface area contributed by atoms with Crippen LogP contribution in [0.4, 0.5) is 5.69 Å². The zero-order valence-corrected chi connectivity index (χ0v) is 18.7. The Morgan fingerprint density at radius 3 is 2.36 bits per heavy atom. The van der Waals surface area contributed by atoms with E-state index in [2.05, 4.69) is 41.1 Å². The molecule has 7 heteroatoms. The number of nitrogens with two attached hydrogens (primary N) is 1. The highest BCUT2D eigenvalue weighted by Gasteiger charge is 2.16. The van der Waals surface area contributed by atoms with Crippen molar-refractivity contribution in [3.8, 4) is 11.5 Å². The molecule has 4 rings (SSSR count). The van der Waals surface area contributed by atoms with Crippen LogP contribution in [-0.4, -0.2) is 30.6 Å². The zero-order valence-electron chi connectivity index (χ0n) is 18.7. The Bertz CT molecular complexity index is 1400. The molecule has 0 saturated carbocycles. The van der Waals surface area contributed by atoms with Gasteiger partial charge >= 0.3 is 0 Å². The Kier molecular flexibility index (Phi) is 6.04. The molecule has 0 atom stereocenters. The monoisotopic (exact) mass is 443 g/mol. The van der Waals surface area contributed by atoms with Gasteiger partial charge in [-0.25, -0.2) is 0 Å². The second-order valence-corrected chi connectivity index (χ2v) is 7.48. The quantitative estimate of drug-likeness (QED) is 0.409. The Morgan fingerprint density at radius 1 is 0.970 bits per heavy atom. The minimum atomic E-state index is -0.687. The molecule has 0 bridgehead atoms. The predicted octanol–water partition coefficient (Wildman–Crippen LogP) is 4.58. The SMILES string of the molecule is CCn1c2ccccc2c2cc(/C=C/C(=O)Nc3cc(OC)c(OC)cc3C(N)=O)ccc21. The van der Waals surface area contributed by atoms with Gasteiger partial charge in [0, 0.05) is 40.5 Å². The first-order valence-electron chi connectivity index (χ1n) is 10.5. The number of amides is 2. The molecule has 1 heterocycles. The molecule has 0 spiro atoms. The second kappa shape index (κ2) is 9.08. The number of aromatic nitrogens is 1. The lowest BCUT2D eigenvalue weighted by atomic mass is 10.1. The second-order valence-electron chi connectivity index (χ2n) is 7.48. The first kappa shape index (κ1) is 22.0. The van der Waals surface area contributed by atoms with Crippen LogP contribution in [0.3, 0.4) is 0 Å². The van der Waals surface area contributed by atoms with Gasteiger partial charge in [0.15, 0.2) is 11.5 Å². The van der Waals surface area contributed by atoms with Crippen molar-refractivity contribution in [2.75, 3.05) is 19.5 Å². The topological polar surface area (TPSA) is 95.6 Å². The summed E-state index contributed by atoms with van der Waals surface area (Å²) in [6.07, 6.45) is 3.15. The van der Waals surface area contributed by atoms with Crippen LogP contribution in [0.5, 0.6) is 11.5 Å². The number of rotatable bonds is 7. The molecule has 0 aliphatic carbocycles. The highest BCUT2D eigenvalue weighted by Crippen LogP contribution is 2.33. The number of nitrogens with one attached hydrogen (secondary N) is 1. The molecule has 0 radical (unpaired) electrons. The van der Waals surface area contributed by atoms with Gasteiger partial charge in [0.25, 0.3) is 5.91 Å². The lowest BCUT2D eigenvalue weighted by Crippen LogP contribution is -2.17. The minimum absolute atomic E-state index is 0.128. The molecule has 1 aromatic heterocycles. The summed E-state index contributed by atoms with van der Waals surface area (Å²) in [5, 5.41) is 5.00. The van der Waals surface area contributed by atoms with Gasteiger partial charge in [0.05, 0.1) is 25.5 Å². The smallest absolute Gasteiger partial charge is 0.250 e. The van der Waals surface area contributed by atoms with Gasteiger partial charge < -0.3 is 25.1 Å². The van der Waals surface area contributed by atoms with E-state index in [4.69, 9.17) is 15.2 Å². The highest BCUT2D eigenvalue weighted by molar-refractivity contribution is 6.10. The van der Waals surface area contributed by atoms with E-state index in [1.165, 1.54) is 43.3 Å². The van der Waals surface area contributed by atoms with E-state index in [1.807, 2.05) is 18.2 Å². The predicted molar refractivity (Wildman–Crippen MR) is 131 cm³/mol. The van der Waals surface area contributed by atoms with Crippen molar-refractivity contribution in [1.29, 1.82) is 0 Å². The number of fused-ring (bicyclic) bond motifs is 3. The number of primary amides is 1. The molecule has 3 N–H and O–H groups in total. The van der Waals surface area contributed by atoms with E-state index in [9.17, 15) is 9.59 Å². The fraction of sp³-hybridized carbons (Fsp3) is 0.154. The first-order valence-corrected chi connectivity index (χ1v) is 10.5. The molecule has 168 valence electrons. The Labute approximate surface area is 191 Å². The molecule has 0 saturated heterocycles. The lowest BCUT2D eigenvalue weighted by Gasteiger charge is -2.13. The van der Waals surface area contributed by atoms with Crippen LogP contribution in [0.2, 0.25) is 0 Å². The normalized spacial score (nSPS) is 11.2. The summed E-state index contributed by atoms with van der Waals surface area (Å²) < 4.78 is 12.7. The van der Waals surface area contributed by atoms with E-state index in [0.717, 1.165) is 23.0 Å². The van der Waals surface area contributed by atoms with Crippen molar-refractivity contribution in [3.05, 3.63) is 71.8 Å². The van der Waals surface area contributed by atoms with Crippen molar-refractivity contribution in [2.24, 2.45) is 5.73 Å². The maximum absolute atomic E-state index is 12.6. The summed E-state index contributed by atoms with van der Waals surface area (Å²) in [5.41, 5.74) is 9.07. The number of aryl methyl sites for hydroxylation is 1. The number of methoxy groups -OCH3 is 2. The maximum Gasteiger partial charge on any atom is 0.250 e. The van der Waals surface area contributed by atoms with Gasteiger partial charge in [-0.15, -0.1) is 0 Å². The summed E-state index contributed by atoms with van der Waals surface area (Å²) in [6, 6.07) is 17.3. The van der Waals surface area contributed by atoms with E-state index in [0.29, 0.717) is 11.5 Å². The number of anilines is 1. The molecule has 2 amide bonds. The molecule has 0 aliphatic rings. The number of hydrogen-bond acceptors (Lipinski definition) is 4. The molecule has 0 fully saturated rings. The third kappa shape index (κ3) is 4.13. The maximum atomic E-state index is 12.6. The van der Waals surface area contributed by atoms with Crippen molar-refractivity contribution in [1.82, 2.24) is 4.57 Å². The van der Waals surface area contributed by atoms with E-state index < -0.39 is 11.8 Å². The van der Waals surface area contributed by atoms with E-state index in [1.54, 1.807) is 6.08 Å². The third-order valence-electron chi connectivity index (χ3n) is 5.59. The summed E-state index contributed by atoms with van der Waals surface area (Å²) in [5.74, 6) is -0.368. The standard InChI is InChI=1S/C26H25N3O4/c1-4-29-21-8-6-5-7-17(21)18-13-16(9-11-22(18)29)10-12-25(30)28-20-15-24(33-3)23(32-2)14-19(20)26(27)31/h5-15H,4H2,1-3H3,(H2,27,31)(H,28,30)/b12-10+. The lowest BCUT2D eigenvalue weighted by molar-refractivity contribution is -0.111. The zero-order chi connectivity index (χ0) is 23.5. The largest absolute Gasteiger partial charge is 0.493 e. The number of ether oxygens (including phenoxy) is 2. The fourth-order valence-corrected chi connectivity index (χ4v) is 4.05. The van der Waals surface area contributed by atoms with E-state index in [-0.39, 0.29) is 11.3 Å². The molecule has 0 aliphatic heterocycles. The number of benzene rings is 3. The fourth-order valence-electron chi connectivity index (χ4n) is 4.05. The molecular weight excluding hydrogens is 418 g/mol. The Hall–Kier alpha value is -4.26. The number of carbonyl (C=O) groups is 2. The van der Waals surface area contributed by atoms with Crippen molar-refractivity contribution in [3.63, 3.8) is 0 Å². The van der Waals surface area contributed by atoms with Crippen LogP contribution < -0.4 is 20.5 Å². The first-order chi connectivity index (χ1) is 16.0. The summed E-state index contributed by atoms with van der Waals surface area (Å²) in [7, 11) is 2.93. The Morgan fingerprint density at radius 2 is 1.67 bits per heavy atom. The summed E-state index contributed by atoms with van der Waals surface area (Å²) >= 11 is 0. The van der Waals surface area contributed by atoms with Crippen molar-refractivity contribution in [2.45, 2.75) is 13.5 Å². The van der Waals surface area contributed by atoms with Crippen LogP contribution in [0.1, 0.15) is 22.8 Å². The van der Waals surface area contributed by atoms with Crippen molar-refractivity contribution >= 4 is 45.4 Å². The average Bonchev–Trinajstić information content (AvgIpc) is 3.15. The number of nitrogens with zero attached hydrogens (tertiary/aromatic N) is 1. The van der Waals surface area contributed by atoms with Gasteiger partial charge in [0.2, 0.25) is 5.91 Å². The van der Waals surface area contributed by atoms with Gasteiger partial charge in [-0.3, -0.25) is 9.59 Å². The van der Waals surface area contributed by atoms with Crippen LogP contribution >= 0.6 is 0 Å². The van der Waals surface area contributed by atoms with Crippen LogP contribution in [0.25, 0.3) is 27.9 Å². The van der Waals surface area contributed by atoms with Gasteiger partial charge in [-0.2, -0.15) is 0 Å². The van der Waals surface area contributed by atoms with E-state index >= 15 is 0 Å². The molecule has 7 nitrogen and oxygen atoms in total. The number of carbonyl (C=O) groups excluding carboxylic acids is 2. The molecule has 33 heavy (non-hydrogen) atoms. The Balaban J connectivity index is 1.63. The van der Waals surface area contributed by atoms with Crippen molar-refractivity contribution < 1.29 is 19.1 Å². The minimum Gasteiger partial charge on any atom is -0.493 e. The third-order valence-corrected chi connectivity index (χ3v) is 5.59. The van der Waals surface area contributed by atoms with Crippen LogP contribution in [0, 0.1) is 0 Å². The van der Waals surface area contributed by atoms with Gasteiger partial charge in [-0.05, 0) is 42.8 Å². The molecular formula is C26H25N3O4. The average molecular weight is 444 g/mol. The number of hydrogen-bond donors (Lipinski definition) is 2. The molecule has 4 aromatic rings. The number of para-hydroxylation sites is 1. The van der Waals surface area contributed by atoms with Crippen LogP contribution in [0.15, 0.2) is 60.7 Å². The van der Waals surface area contributed by atoms with Gasteiger partial charge in [0.1, 0.15) is 0 Å². The molecule has 3 aromatic carbocycles. The summed E-state index contributed by atoms with van der Waals surface area (Å²) in [4.78, 5) is 24.5. The van der Waals surface area contributed by atoms with Crippen LogP contribution in [-0.2, 0) is 11.3 Å². The summed E-state index contributed by atoms with van der Waals surface area (Å²) in [6.45, 7) is 2.99.